The lowest BCUT2D eigenvalue weighted by Gasteiger charge is -2.30. The summed E-state index contributed by atoms with van der Waals surface area (Å²) in [4.78, 5) is 23.5. The molecule has 0 radical (unpaired) electrons. The normalized spacial score (nSPS) is 12.3. The number of amides is 1. The number of rotatable bonds is 7. The molecule has 0 aliphatic heterocycles. The number of carbonyl (C=O) groups excluding carboxylic acids is 1. The van der Waals surface area contributed by atoms with Crippen molar-refractivity contribution in [3.05, 3.63) is 63.7 Å². The maximum absolute atomic E-state index is 12.9. The van der Waals surface area contributed by atoms with Gasteiger partial charge in [-0.15, -0.1) is 0 Å². The van der Waals surface area contributed by atoms with Gasteiger partial charge < -0.3 is 5.32 Å². The van der Waals surface area contributed by atoms with Crippen molar-refractivity contribution in [2.75, 3.05) is 15.9 Å². The first-order chi connectivity index (χ1) is 13.1. The van der Waals surface area contributed by atoms with Crippen molar-refractivity contribution in [3.63, 3.8) is 0 Å². The van der Waals surface area contributed by atoms with E-state index in [0.717, 1.165) is 16.1 Å². The Bertz CT molecular complexity index is 987. The average Bonchev–Trinajstić information content (AvgIpc) is 2.61. The van der Waals surface area contributed by atoms with Gasteiger partial charge in [-0.25, -0.2) is 8.42 Å². The van der Waals surface area contributed by atoms with Crippen molar-refractivity contribution in [1.29, 1.82) is 0 Å². The number of nitrogens with zero attached hydrogens (tertiary/aromatic N) is 2. The van der Waals surface area contributed by atoms with Crippen LogP contribution >= 0.6 is 0 Å². The minimum absolute atomic E-state index is 0.121. The van der Waals surface area contributed by atoms with Crippen LogP contribution in [0.5, 0.6) is 0 Å². The zero-order valence-corrected chi connectivity index (χ0v) is 17.0. The average molecular weight is 405 g/mol. The highest BCUT2D eigenvalue weighted by molar-refractivity contribution is 7.92. The van der Waals surface area contributed by atoms with E-state index in [0.29, 0.717) is 11.3 Å². The highest BCUT2D eigenvalue weighted by atomic mass is 32.2. The summed E-state index contributed by atoms with van der Waals surface area (Å²) in [6.45, 7) is 5.11. The zero-order chi connectivity index (χ0) is 21.1. The molecule has 0 saturated carbocycles. The topological polar surface area (TPSA) is 110 Å². The molecular formula is C19H23N3O5S. The zero-order valence-electron chi connectivity index (χ0n) is 16.2. The first-order valence-corrected chi connectivity index (χ1v) is 10.5. The molecule has 0 aromatic heterocycles. The molecule has 1 unspecified atom stereocenters. The smallest absolute Gasteiger partial charge is 0.274 e. The quantitative estimate of drug-likeness (QED) is 0.561. The summed E-state index contributed by atoms with van der Waals surface area (Å²) in [5, 5.41) is 13.7. The molecule has 0 heterocycles. The van der Waals surface area contributed by atoms with E-state index < -0.39 is 26.9 Å². The van der Waals surface area contributed by atoms with Crippen LogP contribution in [0.3, 0.4) is 0 Å². The summed E-state index contributed by atoms with van der Waals surface area (Å²) in [5.74, 6) is -0.558. The second-order valence-electron chi connectivity index (χ2n) is 6.51. The van der Waals surface area contributed by atoms with Gasteiger partial charge in [-0.1, -0.05) is 30.7 Å². The third kappa shape index (κ3) is 4.66. The molecule has 0 spiro atoms. The Labute approximate surface area is 164 Å². The maximum atomic E-state index is 12.9. The Morgan fingerprint density at radius 2 is 1.79 bits per heavy atom. The molecule has 0 aliphatic carbocycles. The fourth-order valence-electron chi connectivity index (χ4n) is 2.92. The molecule has 0 fully saturated rings. The van der Waals surface area contributed by atoms with Gasteiger partial charge in [0.2, 0.25) is 15.9 Å². The number of hydrogen-bond acceptors (Lipinski definition) is 5. The highest BCUT2D eigenvalue weighted by Crippen LogP contribution is 2.27. The van der Waals surface area contributed by atoms with Crippen LogP contribution in [0.25, 0.3) is 0 Å². The molecule has 2 aromatic rings. The van der Waals surface area contributed by atoms with E-state index in [1.54, 1.807) is 37.3 Å². The lowest BCUT2D eigenvalue weighted by atomic mass is 10.1. The number of benzene rings is 2. The third-order valence-electron chi connectivity index (χ3n) is 4.38. The number of anilines is 2. The number of nitrogens with one attached hydrogen (secondary N) is 1. The molecule has 28 heavy (non-hydrogen) atoms. The van der Waals surface area contributed by atoms with E-state index in [2.05, 4.69) is 5.32 Å². The SMILES string of the molecule is CCC(C(=O)Nc1cccc([N+](=O)[O-])c1C)N(c1ccc(C)cc1)S(C)(=O)=O. The fraction of sp³-hybridized carbons (Fsp3) is 0.316. The predicted octanol–water partition coefficient (Wildman–Crippen LogP) is 3.39. The molecule has 8 nitrogen and oxygen atoms in total. The number of hydrogen-bond donors (Lipinski definition) is 1. The van der Waals surface area contributed by atoms with Crippen LogP contribution in [0.2, 0.25) is 0 Å². The van der Waals surface area contributed by atoms with Crippen molar-refractivity contribution in [2.45, 2.75) is 33.2 Å². The van der Waals surface area contributed by atoms with Crippen LogP contribution in [0.15, 0.2) is 42.5 Å². The van der Waals surface area contributed by atoms with Gasteiger partial charge in [0.1, 0.15) is 6.04 Å². The first kappa shape index (κ1) is 21.4. The first-order valence-electron chi connectivity index (χ1n) is 8.67. The summed E-state index contributed by atoms with van der Waals surface area (Å²) in [6, 6.07) is 10.2. The van der Waals surface area contributed by atoms with Gasteiger partial charge >= 0.3 is 0 Å². The number of aryl methyl sites for hydroxylation is 1. The number of sulfonamides is 1. The summed E-state index contributed by atoms with van der Waals surface area (Å²) in [6.07, 6.45) is 1.27. The number of carbonyl (C=O) groups is 1. The minimum atomic E-state index is -3.75. The molecule has 9 heteroatoms. The van der Waals surface area contributed by atoms with Gasteiger partial charge in [-0.2, -0.15) is 0 Å². The van der Waals surface area contributed by atoms with Crippen LogP contribution < -0.4 is 9.62 Å². The molecule has 0 saturated heterocycles. The maximum Gasteiger partial charge on any atom is 0.274 e. The summed E-state index contributed by atoms with van der Waals surface area (Å²) >= 11 is 0. The third-order valence-corrected chi connectivity index (χ3v) is 5.56. The molecule has 0 bridgehead atoms. The van der Waals surface area contributed by atoms with E-state index in [-0.39, 0.29) is 17.8 Å². The molecule has 2 aromatic carbocycles. The van der Waals surface area contributed by atoms with Gasteiger partial charge in [0, 0.05) is 6.07 Å². The monoisotopic (exact) mass is 405 g/mol. The Morgan fingerprint density at radius 3 is 2.29 bits per heavy atom. The molecular weight excluding hydrogens is 382 g/mol. The Morgan fingerprint density at radius 1 is 1.18 bits per heavy atom. The van der Waals surface area contributed by atoms with Crippen LogP contribution in [-0.2, 0) is 14.8 Å². The van der Waals surface area contributed by atoms with Crippen LogP contribution in [0.1, 0.15) is 24.5 Å². The van der Waals surface area contributed by atoms with Crippen molar-refractivity contribution >= 4 is 33.0 Å². The minimum Gasteiger partial charge on any atom is -0.324 e. The molecule has 2 rings (SSSR count). The second-order valence-corrected chi connectivity index (χ2v) is 8.37. The lowest BCUT2D eigenvalue weighted by molar-refractivity contribution is -0.385. The van der Waals surface area contributed by atoms with Crippen molar-refractivity contribution < 1.29 is 18.1 Å². The van der Waals surface area contributed by atoms with Gasteiger partial charge in [-0.05, 0) is 38.5 Å². The van der Waals surface area contributed by atoms with Crippen LogP contribution in [-0.4, -0.2) is 31.5 Å². The molecule has 1 atom stereocenters. The Hall–Kier alpha value is -2.94. The van der Waals surface area contributed by atoms with E-state index in [1.165, 1.54) is 19.1 Å². The molecule has 150 valence electrons. The Kier molecular flexibility index (Phi) is 6.40. The van der Waals surface area contributed by atoms with Crippen molar-refractivity contribution in [2.24, 2.45) is 0 Å². The fourth-order valence-corrected chi connectivity index (χ4v) is 4.14. The lowest BCUT2D eigenvalue weighted by Crippen LogP contribution is -2.47. The van der Waals surface area contributed by atoms with Gasteiger partial charge in [0.25, 0.3) is 5.69 Å². The van der Waals surface area contributed by atoms with E-state index in [1.807, 2.05) is 6.92 Å². The molecule has 1 amide bonds. The van der Waals surface area contributed by atoms with E-state index in [9.17, 15) is 23.3 Å². The molecule has 0 aliphatic rings. The standard InChI is InChI=1S/C19H23N3O5S/c1-5-17(21(28(4,26)27)15-11-9-13(2)10-12-15)19(23)20-16-7-6-8-18(14(16)3)22(24)25/h6-12,17H,5H2,1-4H3,(H,20,23). The van der Waals surface area contributed by atoms with E-state index in [4.69, 9.17) is 0 Å². The van der Waals surface area contributed by atoms with Gasteiger partial charge in [-0.3, -0.25) is 19.2 Å². The van der Waals surface area contributed by atoms with E-state index >= 15 is 0 Å². The van der Waals surface area contributed by atoms with Crippen LogP contribution in [0.4, 0.5) is 17.1 Å². The van der Waals surface area contributed by atoms with Crippen molar-refractivity contribution in [3.8, 4) is 0 Å². The predicted molar refractivity (Wildman–Crippen MR) is 109 cm³/mol. The van der Waals surface area contributed by atoms with Gasteiger partial charge in [0.05, 0.1) is 28.1 Å². The molecule has 1 N–H and O–H groups in total. The number of nitro benzene ring substituents is 1. The summed E-state index contributed by atoms with van der Waals surface area (Å²) in [7, 11) is -3.75. The summed E-state index contributed by atoms with van der Waals surface area (Å²) < 4.78 is 26.0. The Balaban J connectivity index is 2.41. The highest BCUT2D eigenvalue weighted by Gasteiger charge is 2.32. The van der Waals surface area contributed by atoms with Crippen molar-refractivity contribution in [1.82, 2.24) is 0 Å². The van der Waals surface area contributed by atoms with Crippen LogP contribution in [0, 0.1) is 24.0 Å². The summed E-state index contributed by atoms with van der Waals surface area (Å²) in [5.41, 5.74) is 1.80. The number of nitro groups is 1. The largest absolute Gasteiger partial charge is 0.324 e. The van der Waals surface area contributed by atoms with Gasteiger partial charge in [0.15, 0.2) is 0 Å². The second kappa shape index (κ2) is 8.39.